The Hall–Kier alpha value is -3.17. The van der Waals surface area contributed by atoms with Crippen molar-refractivity contribution in [3.05, 3.63) is 98.1 Å². The topological polar surface area (TPSA) is 80.8 Å². The highest BCUT2D eigenvalue weighted by molar-refractivity contribution is 14.1. The van der Waals surface area contributed by atoms with E-state index >= 15 is 0 Å². The smallest absolute Gasteiger partial charge is 0.241 e. The van der Waals surface area contributed by atoms with Gasteiger partial charge in [0.1, 0.15) is 0 Å². The molecule has 1 aliphatic carbocycles. The molecule has 2 aliphatic heterocycles. The van der Waals surface area contributed by atoms with Crippen molar-refractivity contribution < 1.29 is 23.9 Å². The first-order valence-corrected chi connectivity index (χ1v) is 12.4. The Morgan fingerprint density at radius 1 is 0.800 bits per heavy atom. The third-order valence-electron chi connectivity index (χ3n) is 7.44. The van der Waals surface area contributed by atoms with E-state index in [4.69, 9.17) is 4.74 Å². The average Bonchev–Trinajstić information content (AvgIpc) is 3.41. The Labute approximate surface area is 215 Å². The molecule has 0 bridgehead atoms. The molecule has 3 aromatic rings. The third-order valence-corrected chi connectivity index (χ3v) is 8.12. The van der Waals surface area contributed by atoms with Gasteiger partial charge in [0, 0.05) is 14.7 Å². The first-order chi connectivity index (χ1) is 16.8. The van der Waals surface area contributed by atoms with E-state index in [1.165, 1.54) is 0 Å². The molecular formula is C28H20INO5. The molecule has 0 aromatic heterocycles. The molecule has 0 N–H and O–H groups in total. The number of ether oxygens (including phenoxy) is 1. The number of halogens is 1. The van der Waals surface area contributed by atoms with Crippen LogP contribution in [0.2, 0.25) is 0 Å². The van der Waals surface area contributed by atoms with Crippen LogP contribution in [0.4, 0.5) is 5.69 Å². The number of hydrogen-bond donors (Lipinski definition) is 0. The number of amides is 2. The summed E-state index contributed by atoms with van der Waals surface area (Å²) in [7, 11) is 0. The molecular weight excluding hydrogens is 557 g/mol. The summed E-state index contributed by atoms with van der Waals surface area (Å²) in [4.78, 5) is 56.6. The van der Waals surface area contributed by atoms with Crippen molar-refractivity contribution in [1.29, 1.82) is 0 Å². The van der Waals surface area contributed by atoms with Gasteiger partial charge in [-0.25, -0.2) is 4.90 Å². The number of carbonyl (C=O) groups excluding carboxylic acids is 4. The summed E-state index contributed by atoms with van der Waals surface area (Å²) in [6.07, 6.45) is -0.912. The van der Waals surface area contributed by atoms with E-state index in [1.807, 2.05) is 38.1 Å². The molecule has 2 heterocycles. The predicted octanol–water partition coefficient (Wildman–Crippen LogP) is 4.60. The average molecular weight is 577 g/mol. The van der Waals surface area contributed by atoms with Gasteiger partial charge in [-0.1, -0.05) is 42.5 Å². The summed E-state index contributed by atoms with van der Waals surface area (Å²) in [6.45, 7) is 3.86. The number of carbonyl (C=O) groups is 4. The Morgan fingerprint density at radius 2 is 1.49 bits per heavy atom. The lowest BCUT2D eigenvalue weighted by molar-refractivity contribution is -0.127. The lowest BCUT2D eigenvalue weighted by atomic mass is 9.77. The number of nitrogens with zero attached hydrogens (tertiary/aromatic N) is 1. The van der Waals surface area contributed by atoms with E-state index < -0.39 is 46.9 Å². The number of imide groups is 1. The Balaban J connectivity index is 1.55. The third kappa shape index (κ3) is 2.91. The molecule has 0 unspecified atom stereocenters. The van der Waals surface area contributed by atoms with Gasteiger partial charge in [-0.2, -0.15) is 0 Å². The molecule has 0 saturated carbocycles. The van der Waals surface area contributed by atoms with Gasteiger partial charge in [-0.3, -0.25) is 19.2 Å². The largest absolute Gasteiger partial charge is 0.349 e. The van der Waals surface area contributed by atoms with Crippen molar-refractivity contribution in [3.8, 4) is 0 Å². The highest BCUT2D eigenvalue weighted by Crippen LogP contribution is 2.57. The van der Waals surface area contributed by atoms with Gasteiger partial charge in [-0.05, 0) is 77.4 Å². The molecule has 3 aliphatic rings. The fourth-order valence-electron chi connectivity index (χ4n) is 5.62. The molecule has 7 heteroatoms. The van der Waals surface area contributed by atoms with Gasteiger partial charge in [0.25, 0.3) is 0 Å². The van der Waals surface area contributed by atoms with Crippen LogP contribution in [-0.2, 0) is 14.3 Å². The summed E-state index contributed by atoms with van der Waals surface area (Å²) >= 11 is 2.16. The zero-order valence-corrected chi connectivity index (χ0v) is 21.1. The van der Waals surface area contributed by atoms with Crippen molar-refractivity contribution in [2.24, 2.45) is 11.8 Å². The highest BCUT2D eigenvalue weighted by Gasteiger charge is 2.74. The Morgan fingerprint density at radius 3 is 2.11 bits per heavy atom. The van der Waals surface area contributed by atoms with Gasteiger partial charge in [0.05, 0.1) is 23.6 Å². The second-order valence-electron chi connectivity index (χ2n) is 9.32. The normalized spacial score (nSPS) is 24.4. The molecule has 1 spiro atoms. The van der Waals surface area contributed by atoms with Gasteiger partial charge >= 0.3 is 0 Å². The number of ketones is 2. The maximum atomic E-state index is 14.0. The number of Topliss-reactive ketones (excluding diaryl/α,β-unsaturated/α-hetero) is 2. The second kappa shape index (κ2) is 7.66. The van der Waals surface area contributed by atoms with Crippen LogP contribution in [0.25, 0.3) is 0 Å². The van der Waals surface area contributed by atoms with Crippen LogP contribution in [0.3, 0.4) is 0 Å². The molecule has 174 valence electrons. The van der Waals surface area contributed by atoms with E-state index in [2.05, 4.69) is 22.6 Å². The molecule has 3 atom stereocenters. The van der Waals surface area contributed by atoms with Crippen LogP contribution >= 0.6 is 22.6 Å². The maximum absolute atomic E-state index is 14.0. The maximum Gasteiger partial charge on any atom is 0.241 e. The van der Waals surface area contributed by atoms with Crippen LogP contribution in [0.15, 0.2) is 66.7 Å². The second-order valence-corrected chi connectivity index (χ2v) is 10.6. The number of rotatable bonds is 2. The van der Waals surface area contributed by atoms with Crippen LogP contribution in [0, 0.1) is 29.3 Å². The Bertz CT molecular complexity index is 1440. The number of hydrogen-bond acceptors (Lipinski definition) is 5. The van der Waals surface area contributed by atoms with Gasteiger partial charge in [-0.15, -0.1) is 0 Å². The van der Waals surface area contributed by atoms with E-state index in [-0.39, 0.29) is 11.1 Å². The SMILES string of the molecule is Cc1ccc(N2C(=O)[C@@H]3[C@@H](C2=O)C2(O[C@H]3c3cccc(I)c3)C(=O)c3ccccc3C2=O)cc1C. The zero-order valence-electron chi connectivity index (χ0n) is 18.9. The van der Waals surface area contributed by atoms with Crippen molar-refractivity contribution in [2.75, 3.05) is 4.90 Å². The van der Waals surface area contributed by atoms with Gasteiger partial charge < -0.3 is 4.74 Å². The van der Waals surface area contributed by atoms with Crippen LogP contribution in [0.5, 0.6) is 0 Å². The fraction of sp³-hybridized carbons (Fsp3) is 0.214. The number of benzene rings is 3. The van der Waals surface area contributed by atoms with Crippen molar-refractivity contribution >= 4 is 51.7 Å². The molecule has 2 saturated heterocycles. The van der Waals surface area contributed by atoms with Crippen molar-refractivity contribution in [2.45, 2.75) is 25.6 Å². The molecule has 6 nitrogen and oxygen atoms in total. The quantitative estimate of drug-likeness (QED) is 0.253. The highest BCUT2D eigenvalue weighted by atomic mass is 127. The molecule has 35 heavy (non-hydrogen) atoms. The zero-order chi connectivity index (χ0) is 24.6. The van der Waals surface area contributed by atoms with Crippen LogP contribution in [-0.4, -0.2) is 29.0 Å². The molecule has 0 radical (unpaired) electrons. The van der Waals surface area contributed by atoms with Crippen molar-refractivity contribution in [3.63, 3.8) is 0 Å². The number of anilines is 1. The van der Waals surface area contributed by atoms with E-state index in [0.717, 1.165) is 19.6 Å². The standard InChI is InChI=1S/C28H20INO5/c1-14-10-11-18(12-15(14)2)30-26(33)21-22(27(30)34)28(35-23(21)16-6-5-7-17(29)13-16)24(31)19-8-3-4-9-20(19)25(28)32/h3-13,21-23H,1-2H3/t21-,22+,23+/m1/s1. The van der Waals surface area contributed by atoms with E-state index in [0.29, 0.717) is 11.3 Å². The summed E-state index contributed by atoms with van der Waals surface area (Å²) in [6, 6.07) is 19.2. The predicted molar refractivity (Wildman–Crippen MR) is 136 cm³/mol. The monoisotopic (exact) mass is 577 g/mol. The lowest BCUT2D eigenvalue weighted by Crippen LogP contribution is -2.51. The summed E-state index contributed by atoms with van der Waals surface area (Å²) in [5, 5.41) is 0. The molecule has 2 fully saturated rings. The van der Waals surface area contributed by atoms with Crippen LogP contribution < -0.4 is 4.90 Å². The molecule has 3 aromatic carbocycles. The summed E-state index contributed by atoms with van der Waals surface area (Å²) < 4.78 is 7.24. The lowest BCUT2D eigenvalue weighted by Gasteiger charge is -2.27. The van der Waals surface area contributed by atoms with Gasteiger partial charge in [0.2, 0.25) is 29.0 Å². The Kier molecular flexibility index (Phi) is 4.88. The molecule has 6 rings (SSSR count). The van der Waals surface area contributed by atoms with Crippen molar-refractivity contribution in [1.82, 2.24) is 0 Å². The van der Waals surface area contributed by atoms with E-state index in [1.54, 1.807) is 42.5 Å². The van der Waals surface area contributed by atoms with Crippen LogP contribution in [0.1, 0.15) is 43.5 Å². The van der Waals surface area contributed by atoms with Gasteiger partial charge in [0.15, 0.2) is 0 Å². The first kappa shape index (κ1) is 22.3. The van der Waals surface area contributed by atoms with E-state index in [9.17, 15) is 19.2 Å². The first-order valence-electron chi connectivity index (χ1n) is 11.3. The minimum Gasteiger partial charge on any atom is -0.349 e. The molecule has 2 amide bonds. The summed E-state index contributed by atoms with van der Waals surface area (Å²) in [5.41, 5.74) is 1.45. The number of aryl methyl sites for hydroxylation is 2. The minimum absolute atomic E-state index is 0.226. The minimum atomic E-state index is -2.05. The summed E-state index contributed by atoms with van der Waals surface area (Å²) in [5.74, 6) is -4.38. The fourth-order valence-corrected chi connectivity index (χ4v) is 6.19. The number of fused-ring (bicyclic) bond motifs is 3.